The van der Waals surface area contributed by atoms with Crippen molar-refractivity contribution in [3.05, 3.63) is 12.3 Å². The first-order chi connectivity index (χ1) is 4.97. The second kappa shape index (κ2) is 2.62. The molecule has 2 heteroatoms. The van der Waals surface area contributed by atoms with Crippen LogP contribution in [-0.2, 0) is 9.47 Å². The molecule has 2 aliphatic heterocycles. The van der Waals surface area contributed by atoms with Crippen LogP contribution in [-0.4, -0.2) is 18.8 Å². The van der Waals surface area contributed by atoms with Crippen LogP contribution < -0.4 is 0 Å². The van der Waals surface area contributed by atoms with Crippen LogP contribution >= 0.6 is 0 Å². The molecule has 2 rings (SSSR count). The zero-order valence-electron chi connectivity index (χ0n) is 5.95. The van der Waals surface area contributed by atoms with E-state index >= 15 is 0 Å². The maximum absolute atomic E-state index is 5.51. The molecule has 0 bridgehead atoms. The second-order valence-corrected chi connectivity index (χ2v) is 2.83. The Labute approximate surface area is 60.8 Å². The van der Waals surface area contributed by atoms with Crippen molar-refractivity contribution in [2.45, 2.75) is 31.5 Å². The lowest BCUT2D eigenvalue weighted by atomic mass is 10.0. The molecule has 1 saturated heterocycles. The number of fused-ring (bicyclic) bond motifs is 1. The van der Waals surface area contributed by atoms with Gasteiger partial charge in [0.2, 0.25) is 0 Å². The molecule has 56 valence electrons. The van der Waals surface area contributed by atoms with Crippen molar-refractivity contribution in [3.63, 3.8) is 0 Å². The van der Waals surface area contributed by atoms with E-state index in [1.54, 1.807) is 6.26 Å². The van der Waals surface area contributed by atoms with Gasteiger partial charge in [-0.2, -0.15) is 0 Å². The Balaban J connectivity index is 2.01. The van der Waals surface area contributed by atoms with Gasteiger partial charge in [-0.1, -0.05) is 0 Å². The third-order valence-corrected chi connectivity index (χ3v) is 2.10. The first-order valence-electron chi connectivity index (χ1n) is 3.89. The van der Waals surface area contributed by atoms with Gasteiger partial charge in [-0.25, -0.2) is 0 Å². The number of ether oxygens (including phenoxy) is 2. The summed E-state index contributed by atoms with van der Waals surface area (Å²) in [5, 5.41) is 0. The summed E-state index contributed by atoms with van der Waals surface area (Å²) in [6.45, 7) is 0.915. The largest absolute Gasteiger partial charge is 0.496 e. The molecule has 10 heavy (non-hydrogen) atoms. The van der Waals surface area contributed by atoms with E-state index < -0.39 is 0 Å². The van der Waals surface area contributed by atoms with Crippen LogP contribution in [0.15, 0.2) is 12.3 Å². The first-order valence-corrected chi connectivity index (χ1v) is 3.89. The molecule has 0 aromatic heterocycles. The molecular formula is C8H12O2. The molecule has 2 nitrogen and oxygen atoms in total. The highest BCUT2D eigenvalue weighted by Crippen LogP contribution is 2.23. The highest BCUT2D eigenvalue weighted by atomic mass is 16.5. The van der Waals surface area contributed by atoms with Crippen LogP contribution in [0.1, 0.15) is 19.3 Å². The minimum atomic E-state index is 0.346. The summed E-state index contributed by atoms with van der Waals surface area (Å²) >= 11 is 0. The molecule has 0 aromatic rings. The molecule has 0 amide bonds. The van der Waals surface area contributed by atoms with E-state index in [1.165, 1.54) is 0 Å². The molecule has 0 saturated carbocycles. The lowest BCUT2D eigenvalue weighted by Gasteiger charge is -2.32. The molecule has 2 unspecified atom stereocenters. The summed E-state index contributed by atoms with van der Waals surface area (Å²) in [4.78, 5) is 0. The fourth-order valence-electron chi connectivity index (χ4n) is 1.53. The number of hydrogen-bond donors (Lipinski definition) is 0. The van der Waals surface area contributed by atoms with Crippen LogP contribution in [0.3, 0.4) is 0 Å². The fraction of sp³-hybridized carbons (Fsp3) is 0.750. The van der Waals surface area contributed by atoms with Gasteiger partial charge in [0.25, 0.3) is 0 Å². The number of rotatable bonds is 0. The predicted molar refractivity (Wildman–Crippen MR) is 37.6 cm³/mol. The van der Waals surface area contributed by atoms with Crippen LogP contribution in [0.5, 0.6) is 0 Å². The zero-order valence-corrected chi connectivity index (χ0v) is 5.95. The molecule has 1 fully saturated rings. The Morgan fingerprint density at radius 1 is 1.30 bits per heavy atom. The normalized spacial score (nSPS) is 38.4. The van der Waals surface area contributed by atoms with Crippen molar-refractivity contribution < 1.29 is 9.47 Å². The van der Waals surface area contributed by atoms with E-state index in [1.807, 2.05) is 6.08 Å². The van der Waals surface area contributed by atoms with Crippen LogP contribution in [0.4, 0.5) is 0 Å². The van der Waals surface area contributed by atoms with Gasteiger partial charge in [0.05, 0.1) is 12.4 Å². The average molecular weight is 140 g/mol. The van der Waals surface area contributed by atoms with Gasteiger partial charge in [0.15, 0.2) is 0 Å². The monoisotopic (exact) mass is 140 g/mol. The van der Waals surface area contributed by atoms with E-state index in [4.69, 9.17) is 9.47 Å². The molecule has 0 aliphatic carbocycles. The smallest absolute Gasteiger partial charge is 0.124 e. The van der Waals surface area contributed by atoms with E-state index in [0.717, 1.165) is 25.9 Å². The zero-order chi connectivity index (χ0) is 6.81. The van der Waals surface area contributed by atoms with Gasteiger partial charge in [-0.3, -0.25) is 0 Å². The van der Waals surface area contributed by atoms with Crippen molar-refractivity contribution in [3.8, 4) is 0 Å². The van der Waals surface area contributed by atoms with Gasteiger partial charge < -0.3 is 9.47 Å². The molecule has 2 aliphatic rings. The molecule has 0 aromatic carbocycles. The molecule has 2 atom stereocenters. The average Bonchev–Trinajstić information content (AvgIpc) is 2.05. The SMILES string of the molecule is C1=COC2CCCOC2C1. The maximum Gasteiger partial charge on any atom is 0.124 e. The Morgan fingerprint density at radius 3 is 3.20 bits per heavy atom. The quantitative estimate of drug-likeness (QED) is 0.507. The van der Waals surface area contributed by atoms with Gasteiger partial charge in [-0.05, 0) is 25.3 Å². The highest BCUT2D eigenvalue weighted by molar-refractivity contribution is 4.90. The minimum absolute atomic E-state index is 0.346. The van der Waals surface area contributed by atoms with Gasteiger partial charge >= 0.3 is 0 Å². The van der Waals surface area contributed by atoms with Crippen LogP contribution in [0.2, 0.25) is 0 Å². The van der Waals surface area contributed by atoms with Crippen molar-refractivity contribution in [1.82, 2.24) is 0 Å². The summed E-state index contributed by atoms with van der Waals surface area (Å²) in [6.07, 6.45) is 7.87. The molecular weight excluding hydrogens is 128 g/mol. The van der Waals surface area contributed by atoms with E-state index in [0.29, 0.717) is 12.2 Å². The van der Waals surface area contributed by atoms with Crippen LogP contribution in [0, 0.1) is 0 Å². The van der Waals surface area contributed by atoms with Gasteiger partial charge in [-0.15, -0.1) is 0 Å². The predicted octanol–water partition coefficient (Wildman–Crippen LogP) is 1.47. The fourth-order valence-corrected chi connectivity index (χ4v) is 1.53. The second-order valence-electron chi connectivity index (χ2n) is 2.83. The Morgan fingerprint density at radius 2 is 2.30 bits per heavy atom. The molecule has 2 heterocycles. The molecule has 0 spiro atoms. The Bertz CT molecular complexity index is 126. The van der Waals surface area contributed by atoms with Gasteiger partial charge in [0.1, 0.15) is 6.10 Å². The summed E-state index contributed by atoms with van der Waals surface area (Å²) in [7, 11) is 0. The minimum Gasteiger partial charge on any atom is -0.496 e. The topological polar surface area (TPSA) is 18.5 Å². The van der Waals surface area contributed by atoms with Crippen molar-refractivity contribution >= 4 is 0 Å². The van der Waals surface area contributed by atoms with E-state index in [2.05, 4.69) is 0 Å². The molecule has 0 radical (unpaired) electrons. The number of hydrogen-bond acceptors (Lipinski definition) is 2. The Hall–Kier alpha value is -0.500. The maximum atomic E-state index is 5.51. The van der Waals surface area contributed by atoms with E-state index in [9.17, 15) is 0 Å². The van der Waals surface area contributed by atoms with E-state index in [-0.39, 0.29) is 0 Å². The third-order valence-electron chi connectivity index (χ3n) is 2.10. The summed E-state index contributed by atoms with van der Waals surface area (Å²) in [6, 6.07) is 0. The lowest BCUT2D eigenvalue weighted by Crippen LogP contribution is -2.36. The lowest BCUT2D eigenvalue weighted by molar-refractivity contribution is -0.0848. The highest BCUT2D eigenvalue weighted by Gasteiger charge is 2.27. The van der Waals surface area contributed by atoms with Gasteiger partial charge in [0, 0.05) is 6.61 Å². The van der Waals surface area contributed by atoms with Crippen molar-refractivity contribution in [1.29, 1.82) is 0 Å². The van der Waals surface area contributed by atoms with Crippen molar-refractivity contribution in [2.24, 2.45) is 0 Å². The standard InChI is InChI=1S/C8H12O2/c1-3-7-8(9-5-1)4-2-6-10-7/h1,5,7-8H,2-4,6H2. The Kier molecular flexibility index (Phi) is 1.63. The summed E-state index contributed by atoms with van der Waals surface area (Å²) < 4.78 is 10.9. The van der Waals surface area contributed by atoms with Crippen molar-refractivity contribution in [2.75, 3.05) is 6.61 Å². The van der Waals surface area contributed by atoms with Crippen LogP contribution in [0.25, 0.3) is 0 Å². The summed E-state index contributed by atoms with van der Waals surface area (Å²) in [5.41, 5.74) is 0. The first kappa shape index (κ1) is 6.23. The third kappa shape index (κ3) is 1.03. The summed E-state index contributed by atoms with van der Waals surface area (Å²) in [5.74, 6) is 0. The molecule has 0 N–H and O–H groups in total.